The Kier molecular flexibility index (Phi) is 3.14. The van der Waals surface area contributed by atoms with E-state index in [1.807, 2.05) is 0 Å². The molecule has 2 rings (SSSR count). The summed E-state index contributed by atoms with van der Waals surface area (Å²) in [4.78, 5) is 15.3. The Morgan fingerprint density at radius 3 is 2.50 bits per heavy atom. The highest BCUT2D eigenvalue weighted by Crippen LogP contribution is 2.14. The van der Waals surface area contributed by atoms with Crippen LogP contribution in [0.2, 0.25) is 0 Å². The third-order valence-corrected chi connectivity index (χ3v) is 2.79. The molecular formula is C13H13FN2O2. The van der Waals surface area contributed by atoms with Crippen molar-refractivity contribution in [2.24, 2.45) is 0 Å². The minimum Gasteiger partial charge on any atom is -0.477 e. The van der Waals surface area contributed by atoms with Crippen molar-refractivity contribution in [2.45, 2.75) is 20.4 Å². The topological polar surface area (TPSA) is 55.1 Å². The van der Waals surface area contributed by atoms with Crippen molar-refractivity contribution in [3.05, 3.63) is 52.9 Å². The summed E-state index contributed by atoms with van der Waals surface area (Å²) in [6, 6.07) is 5.98. The molecule has 1 N–H and O–H groups in total. The van der Waals surface area contributed by atoms with Crippen molar-refractivity contribution < 1.29 is 14.3 Å². The molecule has 0 saturated carbocycles. The number of carboxylic acid groups (broad SMARTS) is 1. The maximum atomic E-state index is 12.8. The first-order chi connectivity index (χ1) is 8.49. The molecule has 0 unspecified atom stereocenters. The number of halogens is 1. The molecule has 0 aliphatic rings. The summed E-state index contributed by atoms with van der Waals surface area (Å²) in [5.74, 6) is -0.680. The smallest absolute Gasteiger partial charge is 0.354 e. The van der Waals surface area contributed by atoms with E-state index in [9.17, 15) is 9.18 Å². The van der Waals surface area contributed by atoms with Crippen LogP contribution in [0, 0.1) is 19.7 Å². The average molecular weight is 248 g/mol. The zero-order valence-electron chi connectivity index (χ0n) is 10.1. The Labute approximate surface area is 104 Å². The highest BCUT2D eigenvalue weighted by atomic mass is 19.1. The van der Waals surface area contributed by atoms with Gasteiger partial charge in [-0.1, -0.05) is 12.1 Å². The van der Waals surface area contributed by atoms with Gasteiger partial charge in [-0.3, -0.25) is 0 Å². The third-order valence-electron chi connectivity index (χ3n) is 2.79. The van der Waals surface area contributed by atoms with E-state index in [2.05, 4.69) is 4.98 Å². The van der Waals surface area contributed by atoms with E-state index >= 15 is 0 Å². The second-order valence-corrected chi connectivity index (χ2v) is 4.11. The summed E-state index contributed by atoms with van der Waals surface area (Å²) in [6.07, 6.45) is 0. The number of aromatic nitrogens is 2. The molecule has 0 saturated heterocycles. The molecule has 0 spiro atoms. The molecule has 0 amide bonds. The molecule has 4 nitrogen and oxygen atoms in total. The minimum absolute atomic E-state index is 0.178. The molecular weight excluding hydrogens is 235 g/mol. The second-order valence-electron chi connectivity index (χ2n) is 4.11. The van der Waals surface area contributed by atoms with Crippen LogP contribution < -0.4 is 0 Å². The molecule has 0 atom stereocenters. The molecule has 1 aromatic heterocycles. The van der Waals surface area contributed by atoms with Gasteiger partial charge in [-0.25, -0.2) is 14.2 Å². The Hall–Kier alpha value is -2.17. The number of nitrogens with zero attached hydrogens (tertiary/aromatic N) is 2. The minimum atomic E-state index is -1.00. The van der Waals surface area contributed by atoms with Gasteiger partial charge < -0.3 is 9.67 Å². The lowest BCUT2D eigenvalue weighted by molar-refractivity contribution is 0.0684. The molecule has 1 aromatic carbocycles. The number of aromatic carboxylic acids is 1. The van der Waals surface area contributed by atoms with Crippen LogP contribution in [0.15, 0.2) is 24.3 Å². The SMILES string of the molecule is Cc1nc(C)n(Cc2ccc(F)cc2)c1C(=O)O. The fourth-order valence-corrected chi connectivity index (χ4v) is 1.95. The van der Waals surface area contributed by atoms with E-state index in [0.29, 0.717) is 18.1 Å². The molecule has 0 aliphatic carbocycles. The lowest BCUT2D eigenvalue weighted by Gasteiger charge is -2.08. The fraction of sp³-hybridized carbons (Fsp3) is 0.231. The van der Waals surface area contributed by atoms with Gasteiger partial charge in [-0.15, -0.1) is 0 Å². The highest BCUT2D eigenvalue weighted by Gasteiger charge is 2.17. The first kappa shape index (κ1) is 12.3. The summed E-state index contributed by atoms with van der Waals surface area (Å²) in [7, 11) is 0. The van der Waals surface area contributed by atoms with Crippen LogP contribution in [-0.4, -0.2) is 20.6 Å². The van der Waals surface area contributed by atoms with E-state index in [1.54, 1.807) is 30.5 Å². The fourth-order valence-electron chi connectivity index (χ4n) is 1.95. The van der Waals surface area contributed by atoms with Crippen LogP contribution in [0.1, 0.15) is 27.6 Å². The molecule has 0 bridgehead atoms. The van der Waals surface area contributed by atoms with Crippen molar-refractivity contribution in [2.75, 3.05) is 0 Å². The Morgan fingerprint density at radius 2 is 1.94 bits per heavy atom. The van der Waals surface area contributed by atoms with Crippen LogP contribution in [0.3, 0.4) is 0 Å². The van der Waals surface area contributed by atoms with E-state index in [-0.39, 0.29) is 11.5 Å². The van der Waals surface area contributed by atoms with Crippen LogP contribution in [0.4, 0.5) is 4.39 Å². The summed E-state index contributed by atoms with van der Waals surface area (Å²) in [5.41, 5.74) is 1.50. The van der Waals surface area contributed by atoms with Gasteiger partial charge in [-0.2, -0.15) is 0 Å². The van der Waals surface area contributed by atoms with Gasteiger partial charge in [0.15, 0.2) is 5.69 Å². The van der Waals surface area contributed by atoms with E-state index in [1.165, 1.54) is 12.1 Å². The summed E-state index contributed by atoms with van der Waals surface area (Å²) in [6.45, 7) is 3.79. The van der Waals surface area contributed by atoms with E-state index < -0.39 is 5.97 Å². The van der Waals surface area contributed by atoms with Gasteiger partial charge in [0.25, 0.3) is 0 Å². The van der Waals surface area contributed by atoms with Gasteiger partial charge in [0.1, 0.15) is 11.6 Å². The third kappa shape index (κ3) is 2.25. The average Bonchev–Trinajstić information content (AvgIpc) is 2.57. The number of aryl methyl sites for hydroxylation is 2. The van der Waals surface area contributed by atoms with Crippen molar-refractivity contribution >= 4 is 5.97 Å². The normalized spacial score (nSPS) is 10.6. The van der Waals surface area contributed by atoms with Crippen molar-refractivity contribution in [1.29, 1.82) is 0 Å². The summed E-state index contributed by atoms with van der Waals surface area (Å²) >= 11 is 0. The summed E-state index contributed by atoms with van der Waals surface area (Å²) in [5, 5.41) is 9.16. The molecule has 0 fully saturated rings. The predicted molar refractivity (Wildman–Crippen MR) is 64.2 cm³/mol. The number of imidazole rings is 1. The molecule has 94 valence electrons. The Bertz CT molecular complexity index is 588. The van der Waals surface area contributed by atoms with Crippen molar-refractivity contribution in [3.63, 3.8) is 0 Å². The zero-order chi connectivity index (χ0) is 13.3. The van der Waals surface area contributed by atoms with Gasteiger partial charge in [0.05, 0.1) is 5.69 Å². The van der Waals surface area contributed by atoms with Crippen molar-refractivity contribution in [3.8, 4) is 0 Å². The molecule has 0 aliphatic heterocycles. The number of hydrogen-bond donors (Lipinski definition) is 1. The zero-order valence-corrected chi connectivity index (χ0v) is 10.1. The lowest BCUT2D eigenvalue weighted by Crippen LogP contribution is -2.11. The highest BCUT2D eigenvalue weighted by molar-refractivity contribution is 5.87. The number of rotatable bonds is 3. The predicted octanol–water partition coefficient (Wildman–Crippen LogP) is 2.39. The largest absolute Gasteiger partial charge is 0.477 e. The quantitative estimate of drug-likeness (QED) is 0.907. The first-order valence-electron chi connectivity index (χ1n) is 5.50. The number of benzene rings is 1. The maximum absolute atomic E-state index is 12.8. The van der Waals surface area contributed by atoms with Gasteiger partial charge in [0.2, 0.25) is 0 Å². The molecule has 18 heavy (non-hydrogen) atoms. The summed E-state index contributed by atoms with van der Waals surface area (Å²) < 4.78 is 14.4. The van der Waals surface area contributed by atoms with Crippen LogP contribution in [-0.2, 0) is 6.54 Å². The molecule has 2 aromatic rings. The standard InChI is InChI=1S/C13H13FN2O2/c1-8-12(13(17)18)16(9(2)15-8)7-10-3-5-11(14)6-4-10/h3-6H,7H2,1-2H3,(H,17,18). The van der Waals surface area contributed by atoms with Gasteiger partial charge in [-0.05, 0) is 31.5 Å². The maximum Gasteiger partial charge on any atom is 0.354 e. The molecule has 0 radical (unpaired) electrons. The van der Waals surface area contributed by atoms with Crippen LogP contribution >= 0.6 is 0 Å². The Balaban J connectivity index is 2.39. The van der Waals surface area contributed by atoms with E-state index in [4.69, 9.17) is 5.11 Å². The van der Waals surface area contributed by atoms with Crippen molar-refractivity contribution in [1.82, 2.24) is 9.55 Å². The second kappa shape index (κ2) is 4.60. The molecule has 5 heteroatoms. The Morgan fingerprint density at radius 1 is 1.33 bits per heavy atom. The van der Waals surface area contributed by atoms with Crippen LogP contribution in [0.5, 0.6) is 0 Å². The van der Waals surface area contributed by atoms with Gasteiger partial charge >= 0.3 is 5.97 Å². The molecule has 1 heterocycles. The lowest BCUT2D eigenvalue weighted by atomic mass is 10.2. The number of carboxylic acids is 1. The van der Waals surface area contributed by atoms with E-state index in [0.717, 1.165) is 5.56 Å². The monoisotopic (exact) mass is 248 g/mol. The van der Waals surface area contributed by atoms with Crippen LogP contribution in [0.25, 0.3) is 0 Å². The number of carbonyl (C=O) groups is 1. The number of hydrogen-bond acceptors (Lipinski definition) is 2. The van der Waals surface area contributed by atoms with Gasteiger partial charge in [0, 0.05) is 6.54 Å². The first-order valence-corrected chi connectivity index (χ1v) is 5.50.